The van der Waals surface area contributed by atoms with E-state index in [0.717, 1.165) is 22.2 Å². The van der Waals surface area contributed by atoms with E-state index in [1.807, 2.05) is 24.3 Å². The summed E-state index contributed by atoms with van der Waals surface area (Å²) in [6.45, 7) is 0. The molecule has 1 aromatic carbocycles. The van der Waals surface area contributed by atoms with Crippen LogP contribution < -0.4 is 0 Å². The number of carbonyl (C=O) groups is 3. The van der Waals surface area contributed by atoms with E-state index in [2.05, 4.69) is 4.98 Å². The Labute approximate surface area is 157 Å². The molecular formula is C20H23NO6. The number of esters is 3. The summed E-state index contributed by atoms with van der Waals surface area (Å²) in [5.41, 5.74) is 1.03. The summed E-state index contributed by atoms with van der Waals surface area (Å²) in [5, 5.41) is 0.912. The lowest BCUT2D eigenvalue weighted by Gasteiger charge is -2.31. The van der Waals surface area contributed by atoms with Crippen LogP contribution in [0.1, 0.15) is 24.1 Å². The molecule has 7 heteroatoms. The van der Waals surface area contributed by atoms with Gasteiger partial charge in [-0.15, -0.1) is 0 Å². The fourth-order valence-corrected chi connectivity index (χ4v) is 3.98. The summed E-state index contributed by atoms with van der Waals surface area (Å²) < 4.78 is 14.9. The molecule has 0 bridgehead atoms. The molecule has 27 heavy (non-hydrogen) atoms. The molecule has 0 saturated heterocycles. The molecule has 1 aliphatic carbocycles. The van der Waals surface area contributed by atoms with Crippen LogP contribution in [0.3, 0.4) is 0 Å². The number of H-pyrrole nitrogens is 1. The summed E-state index contributed by atoms with van der Waals surface area (Å²) in [4.78, 5) is 41.0. The van der Waals surface area contributed by atoms with Gasteiger partial charge in [-0.1, -0.05) is 18.2 Å². The number of aromatic nitrogens is 1. The zero-order valence-electron chi connectivity index (χ0n) is 15.7. The number of nitrogens with one attached hydrogen (secondary N) is 1. The second-order valence-electron chi connectivity index (χ2n) is 6.83. The Kier molecular flexibility index (Phi) is 5.21. The molecule has 1 aliphatic rings. The Morgan fingerprint density at radius 2 is 1.70 bits per heavy atom. The number of methoxy groups -OCH3 is 3. The van der Waals surface area contributed by atoms with Gasteiger partial charge in [0.2, 0.25) is 0 Å². The van der Waals surface area contributed by atoms with Gasteiger partial charge in [-0.3, -0.25) is 14.4 Å². The first-order chi connectivity index (χ1) is 13.0. The quantitative estimate of drug-likeness (QED) is 0.503. The highest BCUT2D eigenvalue weighted by Crippen LogP contribution is 2.40. The van der Waals surface area contributed by atoms with Gasteiger partial charge in [0.25, 0.3) is 0 Å². The minimum atomic E-state index is -1.50. The van der Waals surface area contributed by atoms with Crippen LogP contribution in [0.15, 0.2) is 24.3 Å². The Morgan fingerprint density at radius 1 is 1.04 bits per heavy atom. The third-order valence-electron chi connectivity index (χ3n) is 5.44. The van der Waals surface area contributed by atoms with Crippen molar-refractivity contribution in [2.45, 2.75) is 25.7 Å². The van der Waals surface area contributed by atoms with Crippen molar-refractivity contribution in [1.29, 1.82) is 0 Å². The summed E-state index contributed by atoms with van der Waals surface area (Å²) in [6.07, 6.45) is 1.06. The van der Waals surface area contributed by atoms with Crippen LogP contribution in [-0.2, 0) is 41.4 Å². The van der Waals surface area contributed by atoms with E-state index in [0.29, 0.717) is 12.8 Å². The Morgan fingerprint density at radius 3 is 2.33 bits per heavy atom. The highest BCUT2D eigenvalue weighted by atomic mass is 16.5. The predicted octanol–water partition coefficient (Wildman–Crippen LogP) is 2.17. The second kappa shape index (κ2) is 7.42. The smallest absolute Gasteiger partial charge is 0.323 e. The van der Waals surface area contributed by atoms with E-state index in [1.54, 1.807) is 0 Å². The van der Waals surface area contributed by atoms with Crippen LogP contribution in [0.25, 0.3) is 10.9 Å². The molecule has 3 rings (SSSR count). The number of carbonyl (C=O) groups excluding carboxylic acids is 3. The van der Waals surface area contributed by atoms with E-state index < -0.39 is 23.3 Å². The monoisotopic (exact) mass is 373 g/mol. The maximum atomic E-state index is 12.7. The number of hydrogen-bond acceptors (Lipinski definition) is 6. The first kappa shape index (κ1) is 18.9. The Hall–Kier alpha value is -2.83. The number of para-hydroxylation sites is 1. The van der Waals surface area contributed by atoms with Gasteiger partial charge in [0.1, 0.15) is 0 Å². The molecule has 1 N–H and O–H groups in total. The molecule has 1 aromatic heterocycles. The average molecular weight is 373 g/mol. The zero-order valence-corrected chi connectivity index (χ0v) is 15.7. The first-order valence-corrected chi connectivity index (χ1v) is 8.80. The Balaban J connectivity index is 2.21. The number of fused-ring (bicyclic) bond motifs is 3. The molecule has 0 amide bonds. The van der Waals surface area contributed by atoms with Gasteiger partial charge in [0.05, 0.1) is 27.2 Å². The van der Waals surface area contributed by atoms with Gasteiger partial charge in [-0.25, -0.2) is 0 Å². The molecule has 1 atom stereocenters. The summed E-state index contributed by atoms with van der Waals surface area (Å²) in [6, 6.07) is 7.65. The largest absolute Gasteiger partial charge is 0.469 e. The molecule has 1 unspecified atom stereocenters. The van der Waals surface area contributed by atoms with E-state index in [-0.39, 0.29) is 18.8 Å². The maximum Gasteiger partial charge on any atom is 0.323 e. The number of benzene rings is 1. The number of rotatable bonds is 3. The van der Waals surface area contributed by atoms with E-state index in [9.17, 15) is 14.4 Å². The number of hydrogen-bond donors (Lipinski definition) is 1. The molecule has 144 valence electrons. The highest BCUT2D eigenvalue weighted by Gasteiger charge is 2.50. The molecule has 0 spiro atoms. The lowest BCUT2D eigenvalue weighted by molar-refractivity contribution is -0.171. The summed E-state index contributed by atoms with van der Waals surface area (Å²) in [5.74, 6) is -2.16. The Bertz CT molecular complexity index is 868. The zero-order chi connectivity index (χ0) is 19.6. The lowest BCUT2D eigenvalue weighted by atomic mass is 9.72. The van der Waals surface area contributed by atoms with Gasteiger partial charge in [0.15, 0.2) is 5.41 Å². The van der Waals surface area contributed by atoms with Crippen molar-refractivity contribution in [1.82, 2.24) is 4.98 Å². The standard InChI is InChI=1S/C20H23NO6/c1-25-17(22)12-8-9-20(18(23)26-2,19(24)27-3)11-14-13-6-4-5-7-15(13)21-16(14)10-12/h4-7,12,21H,8-11H2,1-3H3. The van der Waals surface area contributed by atoms with E-state index >= 15 is 0 Å². The van der Waals surface area contributed by atoms with Crippen LogP contribution in [0.2, 0.25) is 0 Å². The molecule has 0 aliphatic heterocycles. The lowest BCUT2D eigenvalue weighted by Crippen LogP contribution is -2.45. The van der Waals surface area contributed by atoms with E-state index in [1.165, 1.54) is 21.3 Å². The summed E-state index contributed by atoms with van der Waals surface area (Å²) >= 11 is 0. The normalized spacial score (nSPS) is 18.7. The number of ether oxygens (including phenoxy) is 3. The molecule has 0 saturated carbocycles. The van der Waals surface area contributed by atoms with Crippen molar-refractivity contribution in [3.63, 3.8) is 0 Å². The van der Waals surface area contributed by atoms with Gasteiger partial charge in [0, 0.05) is 29.4 Å². The third kappa shape index (κ3) is 3.18. The van der Waals surface area contributed by atoms with Crippen molar-refractivity contribution in [2.75, 3.05) is 21.3 Å². The minimum Gasteiger partial charge on any atom is -0.469 e. The van der Waals surface area contributed by atoms with Gasteiger partial charge >= 0.3 is 17.9 Å². The summed E-state index contributed by atoms with van der Waals surface area (Å²) in [7, 11) is 3.83. The highest BCUT2D eigenvalue weighted by molar-refractivity contribution is 6.01. The average Bonchev–Trinajstić information content (AvgIpc) is 3.02. The molecule has 0 radical (unpaired) electrons. The predicted molar refractivity (Wildman–Crippen MR) is 96.9 cm³/mol. The molecular weight excluding hydrogens is 350 g/mol. The van der Waals surface area contributed by atoms with E-state index in [4.69, 9.17) is 14.2 Å². The minimum absolute atomic E-state index is 0.144. The fourth-order valence-electron chi connectivity index (χ4n) is 3.98. The fraction of sp³-hybridized carbons (Fsp3) is 0.450. The molecule has 1 heterocycles. The topological polar surface area (TPSA) is 94.7 Å². The van der Waals surface area contributed by atoms with Crippen LogP contribution in [0, 0.1) is 11.3 Å². The maximum absolute atomic E-state index is 12.7. The first-order valence-electron chi connectivity index (χ1n) is 8.80. The second-order valence-corrected chi connectivity index (χ2v) is 6.83. The van der Waals surface area contributed by atoms with Crippen molar-refractivity contribution < 1.29 is 28.6 Å². The van der Waals surface area contributed by atoms with Crippen LogP contribution in [-0.4, -0.2) is 44.2 Å². The van der Waals surface area contributed by atoms with Crippen LogP contribution in [0.4, 0.5) is 0 Å². The van der Waals surface area contributed by atoms with Crippen molar-refractivity contribution >= 4 is 28.8 Å². The number of aromatic amines is 1. The van der Waals surface area contributed by atoms with Gasteiger partial charge in [-0.2, -0.15) is 0 Å². The van der Waals surface area contributed by atoms with Crippen molar-refractivity contribution in [2.24, 2.45) is 11.3 Å². The van der Waals surface area contributed by atoms with Crippen molar-refractivity contribution in [3.8, 4) is 0 Å². The van der Waals surface area contributed by atoms with Crippen LogP contribution >= 0.6 is 0 Å². The molecule has 7 nitrogen and oxygen atoms in total. The third-order valence-corrected chi connectivity index (χ3v) is 5.44. The van der Waals surface area contributed by atoms with Crippen LogP contribution in [0.5, 0.6) is 0 Å². The van der Waals surface area contributed by atoms with Crippen molar-refractivity contribution in [3.05, 3.63) is 35.5 Å². The molecule has 2 aromatic rings. The van der Waals surface area contributed by atoms with Gasteiger partial charge in [-0.05, 0) is 24.5 Å². The van der Waals surface area contributed by atoms with Gasteiger partial charge < -0.3 is 19.2 Å². The SMILES string of the molecule is COC(=O)C1CCC(C(=O)OC)(C(=O)OC)Cc2c([nH]c3ccccc23)C1. The molecule has 0 fully saturated rings.